The Morgan fingerprint density at radius 1 is 0.821 bits per heavy atom. The van der Waals surface area contributed by atoms with Crippen LogP contribution in [0.4, 0.5) is 0 Å². The number of nitrogens with zero attached hydrogens (tertiary/aromatic N) is 1. The Morgan fingerprint density at radius 3 is 2.21 bits per heavy atom. The maximum absolute atomic E-state index is 12.3. The highest BCUT2D eigenvalue weighted by Crippen LogP contribution is 2.23. The zero-order valence-electron chi connectivity index (χ0n) is 15.3. The van der Waals surface area contributed by atoms with Crippen molar-refractivity contribution in [3.63, 3.8) is 0 Å². The fourth-order valence-electron chi connectivity index (χ4n) is 3.47. The summed E-state index contributed by atoms with van der Waals surface area (Å²) in [5, 5.41) is 2.16. The zero-order valence-corrected chi connectivity index (χ0v) is 15.3. The lowest BCUT2D eigenvalue weighted by Gasteiger charge is -2.13. The van der Waals surface area contributed by atoms with Crippen molar-refractivity contribution >= 4 is 28.6 Å². The maximum Gasteiger partial charge on any atom is 0.306 e. The van der Waals surface area contributed by atoms with Crippen molar-refractivity contribution in [1.29, 1.82) is 0 Å². The van der Waals surface area contributed by atoms with Gasteiger partial charge >= 0.3 is 5.97 Å². The van der Waals surface area contributed by atoms with Gasteiger partial charge in [0.05, 0.1) is 11.1 Å². The molecule has 1 heterocycles. The Bertz CT molecular complexity index is 1030. The number of carbonyl (C=O) groups is 3. The summed E-state index contributed by atoms with van der Waals surface area (Å²) in [7, 11) is 0. The molecule has 5 heteroatoms. The van der Waals surface area contributed by atoms with Gasteiger partial charge < -0.3 is 4.74 Å². The van der Waals surface area contributed by atoms with Gasteiger partial charge in [0.15, 0.2) is 0 Å². The molecular weight excluding hydrogens is 354 g/mol. The summed E-state index contributed by atoms with van der Waals surface area (Å²) in [6.07, 6.45) is 0.526. The SMILES string of the molecule is O=C(CCCN1C(=O)c2ccccc2C1=O)OCc1cccc2ccccc12. The molecule has 0 fully saturated rings. The molecule has 0 unspecified atom stereocenters. The van der Waals surface area contributed by atoms with Gasteiger partial charge in [-0.25, -0.2) is 0 Å². The van der Waals surface area contributed by atoms with Crippen LogP contribution in [0.2, 0.25) is 0 Å². The quantitative estimate of drug-likeness (QED) is 0.485. The standard InChI is InChI=1S/C23H19NO4/c25-21(28-15-17-9-5-8-16-7-1-2-10-18(16)17)13-6-14-24-22(26)19-11-3-4-12-20(19)23(24)27/h1-5,7-12H,6,13-15H2. The van der Waals surface area contributed by atoms with E-state index < -0.39 is 0 Å². The Morgan fingerprint density at radius 2 is 1.46 bits per heavy atom. The molecule has 0 spiro atoms. The highest BCUT2D eigenvalue weighted by Gasteiger charge is 2.34. The van der Waals surface area contributed by atoms with Crippen molar-refractivity contribution in [2.75, 3.05) is 6.54 Å². The van der Waals surface area contributed by atoms with E-state index in [1.165, 1.54) is 4.90 Å². The second kappa shape index (κ2) is 7.64. The lowest BCUT2D eigenvalue weighted by molar-refractivity contribution is -0.145. The van der Waals surface area contributed by atoms with Crippen LogP contribution in [0.25, 0.3) is 10.8 Å². The predicted molar refractivity (Wildman–Crippen MR) is 105 cm³/mol. The van der Waals surface area contributed by atoms with Crippen LogP contribution in [-0.2, 0) is 16.1 Å². The van der Waals surface area contributed by atoms with Crippen molar-refractivity contribution in [2.45, 2.75) is 19.4 Å². The molecule has 0 aromatic heterocycles. The summed E-state index contributed by atoms with van der Waals surface area (Å²) in [6.45, 7) is 0.406. The Hall–Kier alpha value is -3.47. The minimum Gasteiger partial charge on any atom is -0.461 e. The third-order valence-corrected chi connectivity index (χ3v) is 4.91. The Kier molecular flexibility index (Phi) is 4.89. The summed E-state index contributed by atoms with van der Waals surface area (Å²) in [5.41, 5.74) is 1.80. The van der Waals surface area contributed by atoms with Crippen LogP contribution < -0.4 is 0 Å². The summed E-state index contributed by atoms with van der Waals surface area (Å²) in [5.74, 6) is -0.945. The van der Waals surface area contributed by atoms with Gasteiger partial charge in [-0.3, -0.25) is 19.3 Å². The summed E-state index contributed by atoms with van der Waals surface area (Å²) in [4.78, 5) is 37.9. The van der Waals surface area contributed by atoms with E-state index in [9.17, 15) is 14.4 Å². The number of fused-ring (bicyclic) bond motifs is 2. The molecule has 0 N–H and O–H groups in total. The molecule has 3 aromatic rings. The molecule has 0 atom stereocenters. The van der Waals surface area contributed by atoms with Gasteiger partial charge in [0.2, 0.25) is 0 Å². The number of carbonyl (C=O) groups excluding carboxylic acids is 3. The molecule has 140 valence electrons. The van der Waals surface area contributed by atoms with E-state index in [1.54, 1.807) is 24.3 Å². The normalized spacial score (nSPS) is 13.1. The van der Waals surface area contributed by atoms with Crippen molar-refractivity contribution in [3.8, 4) is 0 Å². The molecule has 0 saturated heterocycles. The third kappa shape index (κ3) is 3.39. The second-order valence-electron chi connectivity index (χ2n) is 6.71. The van der Waals surface area contributed by atoms with Crippen molar-refractivity contribution in [3.05, 3.63) is 83.4 Å². The first-order chi connectivity index (χ1) is 13.6. The lowest BCUT2D eigenvalue weighted by atomic mass is 10.1. The van der Waals surface area contributed by atoms with E-state index in [1.807, 2.05) is 42.5 Å². The molecule has 5 nitrogen and oxygen atoms in total. The van der Waals surface area contributed by atoms with Crippen LogP contribution >= 0.6 is 0 Å². The van der Waals surface area contributed by atoms with Crippen LogP contribution in [0.1, 0.15) is 39.1 Å². The second-order valence-corrected chi connectivity index (χ2v) is 6.71. The molecular formula is C23H19NO4. The Labute approximate surface area is 162 Å². The lowest BCUT2D eigenvalue weighted by Crippen LogP contribution is -2.31. The van der Waals surface area contributed by atoms with Gasteiger partial charge in [-0.05, 0) is 34.9 Å². The summed E-state index contributed by atoms with van der Waals surface area (Å²) in [6, 6.07) is 20.6. The van der Waals surface area contributed by atoms with Crippen LogP contribution in [0.15, 0.2) is 66.7 Å². The van der Waals surface area contributed by atoms with Crippen LogP contribution in [-0.4, -0.2) is 29.2 Å². The number of esters is 1. The highest BCUT2D eigenvalue weighted by molar-refractivity contribution is 6.21. The summed E-state index contributed by atoms with van der Waals surface area (Å²) < 4.78 is 5.39. The molecule has 0 aliphatic carbocycles. The number of amides is 2. The largest absolute Gasteiger partial charge is 0.461 e. The van der Waals surface area contributed by atoms with E-state index in [0.29, 0.717) is 17.5 Å². The van der Waals surface area contributed by atoms with Gasteiger partial charge in [0.1, 0.15) is 6.61 Å². The maximum atomic E-state index is 12.3. The topological polar surface area (TPSA) is 63.7 Å². The molecule has 0 saturated carbocycles. The zero-order chi connectivity index (χ0) is 19.5. The van der Waals surface area contributed by atoms with Gasteiger partial charge in [0, 0.05) is 13.0 Å². The van der Waals surface area contributed by atoms with Crippen LogP contribution in [0, 0.1) is 0 Å². The van der Waals surface area contributed by atoms with Crippen molar-refractivity contribution in [1.82, 2.24) is 4.90 Å². The van der Waals surface area contributed by atoms with Gasteiger partial charge in [0.25, 0.3) is 11.8 Å². The molecule has 2 amide bonds. The van der Waals surface area contributed by atoms with E-state index >= 15 is 0 Å². The molecule has 4 rings (SSSR count). The number of ether oxygens (including phenoxy) is 1. The first-order valence-corrected chi connectivity index (χ1v) is 9.22. The van der Waals surface area contributed by atoms with Crippen molar-refractivity contribution < 1.29 is 19.1 Å². The molecule has 0 bridgehead atoms. The third-order valence-electron chi connectivity index (χ3n) is 4.91. The van der Waals surface area contributed by atoms with Gasteiger partial charge in [-0.2, -0.15) is 0 Å². The highest BCUT2D eigenvalue weighted by atomic mass is 16.5. The predicted octanol–water partition coefficient (Wildman–Crippen LogP) is 3.96. The van der Waals surface area contributed by atoms with Crippen molar-refractivity contribution in [2.24, 2.45) is 0 Å². The first kappa shape index (κ1) is 17.9. The molecule has 1 aliphatic heterocycles. The van der Waals surface area contributed by atoms with Gasteiger partial charge in [-0.15, -0.1) is 0 Å². The van der Waals surface area contributed by atoms with E-state index in [2.05, 4.69) is 0 Å². The van der Waals surface area contributed by atoms with Crippen LogP contribution in [0.3, 0.4) is 0 Å². The first-order valence-electron chi connectivity index (χ1n) is 9.22. The van der Waals surface area contributed by atoms with Gasteiger partial charge in [-0.1, -0.05) is 54.6 Å². The molecule has 0 radical (unpaired) electrons. The number of imide groups is 1. The number of hydrogen-bond donors (Lipinski definition) is 0. The summed E-state index contributed by atoms with van der Waals surface area (Å²) >= 11 is 0. The molecule has 28 heavy (non-hydrogen) atoms. The van der Waals surface area contributed by atoms with Crippen LogP contribution in [0.5, 0.6) is 0 Å². The fourth-order valence-corrected chi connectivity index (χ4v) is 3.47. The Balaban J connectivity index is 1.30. The average molecular weight is 373 g/mol. The number of benzene rings is 3. The molecule has 3 aromatic carbocycles. The van der Waals surface area contributed by atoms with E-state index in [-0.39, 0.29) is 37.4 Å². The van der Waals surface area contributed by atoms with E-state index in [0.717, 1.165) is 16.3 Å². The number of hydrogen-bond acceptors (Lipinski definition) is 4. The molecule has 1 aliphatic rings. The minimum absolute atomic E-state index is 0.151. The monoisotopic (exact) mass is 373 g/mol. The average Bonchev–Trinajstić information content (AvgIpc) is 2.97. The minimum atomic E-state index is -0.343. The van der Waals surface area contributed by atoms with E-state index in [4.69, 9.17) is 4.74 Å². The smallest absolute Gasteiger partial charge is 0.306 e. The fraction of sp³-hybridized carbons (Fsp3) is 0.174. The number of rotatable bonds is 6.